The zero-order chi connectivity index (χ0) is 17.6. The monoisotopic (exact) mass is 342 g/mol. The van der Waals surface area contributed by atoms with Gasteiger partial charge < -0.3 is 15.1 Å². The molecule has 0 radical (unpaired) electrons. The highest BCUT2D eigenvalue weighted by molar-refractivity contribution is 5.95. The Kier molecular flexibility index (Phi) is 5.65. The standard InChI is InChI=1S/C18H26N6O/c1-23(2)18-20-16(21-22-18)14-7-6-8-15(13-14)17(25)19-9-12-24-10-4-3-5-11-24/h6-8,13H,3-5,9-12H2,1-2H3,(H,19,25)(H,20,21,22). The number of carbonyl (C=O) groups is 1. The second kappa shape index (κ2) is 8.11. The molecule has 7 heteroatoms. The third-order valence-electron chi connectivity index (χ3n) is 4.43. The highest BCUT2D eigenvalue weighted by Gasteiger charge is 2.12. The average Bonchev–Trinajstić information content (AvgIpc) is 3.13. The summed E-state index contributed by atoms with van der Waals surface area (Å²) in [5.74, 6) is 1.23. The summed E-state index contributed by atoms with van der Waals surface area (Å²) in [5.41, 5.74) is 1.49. The largest absolute Gasteiger partial charge is 0.351 e. The first-order valence-corrected chi connectivity index (χ1v) is 8.84. The number of benzene rings is 1. The van der Waals surface area contributed by atoms with E-state index in [9.17, 15) is 4.79 Å². The molecule has 1 fully saturated rings. The molecular formula is C18H26N6O. The topological polar surface area (TPSA) is 77.2 Å². The number of aromatic amines is 1. The van der Waals surface area contributed by atoms with Crippen LogP contribution in [0.15, 0.2) is 24.3 Å². The summed E-state index contributed by atoms with van der Waals surface area (Å²) in [5, 5.41) is 10.1. The van der Waals surface area contributed by atoms with Crippen molar-refractivity contribution >= 4 is 11.9 Å². The molecule has 1 aromatic heterocycles. The molecule has 0 aliphatic carbocycles. The maximum absolute atomic E-state index is 12.4. The SMILES string of the molecule is CN(C)c1n[nH]c(-c2cccc(C(=O)NCCN3CCCCC3)c2)n1. The molecule has 3 rings (SSSR count). The van der Waals surface area contributed by atoms with Gasteiger partial charge >= 0.3 is 0 Å². The van der Waals surface area contributed by atoms with Crippen molar-refractivity contribution in [1.29, 1.82) is 0 Å². The second-order valence-corrected chi connectivity index (χ2v) is 6.62. The summed E-state index contributed by atoms with van der Waals surface area (Å²) in [4.78, 5) is 21.1. The first-order chi connectivity index (χ1) is 12.1. The van der Waals surface area contributed by atoms with E-state index in [1.807, 2.05) is 43.3 Å². The minimum atomic E-state index is -0.0498. The van der Waals surface area contributed by atoms with Gasteiger partial charge in [0.25, 0.3) is 5.91 Å². The fraction of sp³-hybridized carbons (Fsp3) is 0.500. The Morgan fingerprint density at radius 2 is 2.08 bits per heavy atom. The Balaban J connectivity index is 1.59. The highest BCUT2D eigenvalue weighted by atomic mass is 16.1. The van der Waals surface area contributed by atoms with Gasteiger partial charge in [-0.2, -0.15) is 4.98 Å². The first kappa shape index (κ1) is 17.4. The summed E-state index contributed by atoms with van der Waals surface area (Å²) in [6.07, 6.45) is 3.86. The summed E-state index contributed by atoms with van der Waals surface area (Å²) in [6, 6.07) is 7.45. The smallest absolute Gasteiger partial charge is 0.251 e. The van der Waals surface area contributed by atoms with Crippen LogP contribution in [0.5, 0.6) is 0 Å². The van der Waals surface area contributed by atoms with E-state index in [0.29, 0.717) is 23.9 Å². The molecule has 0 spiro atoms. The molecule has 0 unspecified atom stereocenters. The Morgan fingerprint density at radius 3 is 2.80 bits per heavy atom. The molecule has 1 saturated heterocycles. The van der Waals surface area contributed by atoms with Crippen molar-refractivity contribution in [3.63, 3.8) is 0 Å². The molecule has 1 aliphatic heterocycles. The normalized spacial score (nSPS) is 15.1. The molecule has 134 valence electrons. The highest BCUT2D eigenvalue weighted by Crippen LogP contribution is 2.18. The lowest BCUT2D eigenvalue weighted by Crippen LogP contribution is -2.37. The predicted octanol–water partition coefficient (Wildman–Crippen LogP) is 1.75. The van der Waals surface area contributed by atoms with Gasteiger partial charge in [0.15, 0.2) is 5.82 Å². The maximum Gasteiger partial charge on any atom is 0.251 e. The number of rotatable bonds is 6. The molecule has 2 aromatic rings. The Morgan fingerprint density at radius 1 is 1.28 bits per heavy atom. The molecule has 1 aromatic carbocycles. The third kappa shape index (κ3) is 4.57. The van der Waals surface area contributed by atoms with Crippen LogP contribution >= 0.6 is 0 Å². The van der Waals surface area contributed by atoms with Gasteiger partial charge in [-0.05, 0) is 38.1 Å². The van der Waals surface area contributed by atoms with Crippen molar-refractivity contribution in [3.8, 4) is 11.4 Å². The molecule has 7 nitrogen and oxygen atoms in total. The van der Waals surface area contributed by atoms with E-state index in [2.05, 4.69) is 25.4 Å². The summed E-state index contributed by atoms with van der Waals surface area (Å²) < 4.78 is 0. The van der Waals surface area contributed by atoms with Crippen LogP contribution < -0.4 is 10.2 Å². The molecule has 0 atom stereocenters. The van der Waals surface area contributed by atoms with Crippen LogP contribution in [-0.4, -0.2) is 66.3 Å². The average molecular weight is 342 g/mol. The van der Waals surface area contributed by atoms with Crippen molar-refractivity contribution in [3.05, 3.63) is 29.8 Å². The predicted molar refractivity (Wildman–Crippen MR) is 98.8 cm³/mol. The van der Waals surface area contributed by atoms with Crippen LogP contribution in [0, 0.1) is 0 Å². The fourth-order valence-electron chi connectivity index (χ4n) is 3.00. The first-order valence-electron chi connectivity index (χ1n) is 8.84. The number of H-pyrrole nitrogens is 1. The van der Waals surface area contributed by atoms with Gasteiger partial charge in [-0.25, -0.2) is 0 Å². The van der Waals surface area contributed by atoms with Gasteiger partial charge in [-0.3, -0.25) is 9.89 Å². The van der Waals surface area contributed by atoms with E-state index in [-0.39, 0.29) is 5.91 Å². The molecule has 25 heavy (non-hydrogen) atoms. The molecule has 2 heterocycles. The van der Waals surface area contributed by atoms with Crippen molar-refractivity contribution in [1.82, 2.24) is 25.4 Å². The zero-order valence-corrected chi connectivity index (χ0v) is 15.0. The molecule has 0 saturated carbocycles. The number of hydrogen-bond acceptors (Lipinski definition) is 5. The fourth-order valence-corrected chi connectivity index (χ4v) is 3.00. The van der Waals surface area contributed by atoms with Gasteiger partial charge in [0, 0.05) is 38.3 Å². The van der Waals surface area contributed by atoms with E-state index >= 15 is 0 Å². The van der Waals surface area contributed by atoms with Crippen LogP contribution in [-0.2, 0) is 0 Å². The number of anilines is 1. The van der Waals surface area contributed by atoms with Gasteiger partial charge in [-0.15, -0.1) is 5.10 Å². The van der Waals surface area contributed by atoms with E-state index in [0.717, 1.165) is 25.2 Å². The van der Waals surface area contributed by atoms with Gasteiger partial charge in [-0.1, -0.05) is 18.6 Å². The van der Waals surface area contributed by atoms with Crippen LogP contribution in [0.3, 0.4) is 0 Å². The van der Waals surface area contributed by atoms with E-state index in [4.69, 9.17) is 0 Å². The number of likely N-dealkylation sites (tertiary alicyclic amines) is 1. The Bertz CT molecular complexity index is 705. The van der Waals surface area contributed by atoms with E-state index < -0.39 is 0 Å². The third-order valence-corrected chi connectivity index (χ3v) is 4.43. The lowest BCUT2D eigenvalue weighted by atomic mass is 10.1. The Labute approximate surface area is 148 Å². The number of hydrogen-bond donors (Lipinski definition) is 2. The van der Waals surface area contributed by atoms with Crippen LogP contribution in [0.1, 0.15) is 29.6 Å². The molecule has 0 bridgehead atoms. The lowest BCUT2D eigenvalue weighted by Gasteiger charge is -2.26. The number of amides is 1. The minimum Gasteiger partial charge on any atom is -0.351 e. The maximum atomic E-state index is 12.4. The van der Waals surface area contributed by atoms with Crippen molar-refractivity contribution in [2.45, 2.75) is 19.3 Å². The van der Waals surface area contributed by atoms with Crippen molar-refractivity contribution in [2.75, 3.05) is 45.2 Å². The molecule has 1 aliphatic rings. The summed E-state index contributed by atoms with van der Waals surface area (Å²) in [6.45, 7) is 3.88. The van der Waals surface area contributed by atoms with Crippen molar-refractivity contribution < 1.29 is 4.79 Å². The van der Waals surface area contributed by atoms with E-state index in [1.165, 1.54) is 19.3 Å². The minimum absolute atomic E-state index is 0.0498. The van der Waals surface area contributed by atoms with Gasteiger partial charge in [0.1, 0.15) is 0 Å². The van der Waals surface area contributed by atoms with E-state index in [1.54, 1.807) is 0 Å². The number of carbonyl (C=O) groups excluding carboxylic acids is 1. The number of piperidine rings is 1. The van der Waals surface area contributed by atoms with Crippen LogP contribution in [0.25, 0.3) is 11.4 Å². The molecule has 2 N–H and O–H groups in total. The van der Waals surface area contributed by atoms with Crippen LogP contribution in [0.4, 0.5) is 5.95 Å². The number of nitrogens with one attached hydrogen (secondary N) is 2. The second-order valence-electron chi connectivity index (χ2n) is 6.62. The van der Waals surface area contributed by atoms with Crippen LogP contribution in [0.2, 0.25) is 0 Å². The molecule has 1 amide bonds. The lowest BCUT2D eigenvalue weighted by molar-refractivity contribution is 0.0946. The van der Waals surface area contributed by atoms with Gasteiger partial charge in [0.05, 0.1) is 0 Å². The Hall–Kier alpha value is -2.41. The number of aromatic nitrogens is 3. The summed E-state index contributed by atoms with van der Waals surface area (Å²) in [7, 11) is 3.78. The quantitative estimate of drug-likeness (QED) is 0.836. The molecular weight excluding hydrogens is 316 g/mol. The zero-order valence-electron chi connectivity index (χ0n) is 15.0. The summed E-state index contributed by atoms with van der Waals surface area (Å²) >= 11 is 0. The number of nitrogens with zero attached hydrogens (tertiary/aromatic N) is 4. The van der Waals surface area contributed by atoms with Crippen molar-refractivity contribution in [2.24, 2.45) is 0 Å². The van der Waals surface area contributed by atoms with Gasteiger partial charge in [0.2, 0.25) is 5.95 Å².